The lowest BCUT2D eigenvalue weighted by Gasteiger charge is -2.10. The van der Waals surface area contributed by atoms with E-state index in [1.54, 1.807) is 0 Å². The summed E-state index contributed by atoms with van der Waals surface area (Å²) < 4.78 is 40.3. The second-order valence-corrected chi connectivity index (χ2v) is 5.68. The Labute approximate surface area is 96.2 Å². The average Bonchev–Trinajstić information content (AvgIpc) is 2.08. The highest BCUT2D eigenvalue weighted by Crippen LogP contribution is 2.36. The van der Waals surface area contributed by atoms with Crippen LogP contribution < -0.4 is 4.74 Å². The fourth-order valence-electron chi connectivity index (χ4n) is 1.16. The number of ether oxygens (including phenoxy) is 1. The first kappa shape index (κ1) is 12.5. The van der Waals surface area contributed by atoms with Crippen molar-refractivity contribution in [2.45, 2.75) is 11.8 Å². The lowest BCUT2D eigenvalue weighted by atomic mass is 10.2. The van der Waals surface area contributed by atoms with Gasteiger partial charge >= 0.3 is 0 Å². The second-order valence-electron chi connectivity index (χ2n) is 2.77. The van der Waals surface area contributed by atoms with Crippen LogP contribution in [-0.4, -0.2) is 15.5 Å². The molecular formula is C8H7Cl2FO3S. The van der Waals surface area contributed by atoms with Gasteiger partial charge in [0, 0.05) is 15.7 Å². The van der Waals surface area contributed by atoms with E-state index in [-0.39, 0.29) is 10.6 Å². The quantitative estimate of drug-likeness (QED) is 0.778. The number of rotatable bonds is 2. The van der Waals surface area contributed by atoms with Gasteiger partial charge in [-0.25, -0.2) is 12.8 Å². The van der Waals surface area contributed by atoms with Crippen LogP contribution in [0.1, 0.15) is 5.56 Å². The van der Waals surface area contributed by atoms with E-state index in [0.29, 0.717) is 0 Å². The molecule has 0 fully saturated rings. The third kappa shape index (κ3) is 2.35. The molecule has 1 rings (SSSR count). The van der Waals surface area contributed by atoms with E-state index in [2.05, 4.69) is 4.74 Å². The minimum atomic E-state index is -4.10. The first-order valence-corrected chi connectivity index (χ1v) is 6.45. The Balaban J connectivity index is 3.74. The zero-order chi connectivity index (χ0) is 11.8. The number of halogens is 3. The normalized spacial score (nSPS) is 11.5. The topological polar surface area (TPSA) is 43.4 Å². The maximum atomic E-state index is 13.3. The zero-order valence-electron chi connectivity index (χ0n) is 7.84. The molecule has 7 heteroatoms. The van der Waals surface area contributed by atoms with Crippen molar-refractivity contribution in [1.82, 2.24) is 0 Å². The number of hydrogen-bond donors (Lipinski definition) is 0. The van der Waals surface area contributed by atoms with Crippen molar-refractivity contribution in [2.75, 3.05) is 7.11 Å². The summed E-state index contributed by atoms with van der Waals surface area (Å²) in [5.41, 5.74) is 0.157. The highest BCUT2D eigenvalue weighted by Gasteiger charge is 2.25. The van der Waals surface area contributed by atoms with Gasteiger partial charge in [0.2, 0.25) is 0 Å². The van der Waals surface area contributed by atoms with Crippen LogP contribution in [0.4, 0.5) is 4.39 Å². The van der Waals surface area contributed by atoms with Crippen LogP contribution in [0.3, 0.4) is 0 Å². The molecule has 3 nitrogen and oxygen atoms in total. The van der Waals surface area contributed by atoms with E-state index in [1.807, 2.05) is 0 Å². The Morgan fingerprint density at radius 2 is 2.00 bits per heavy atom. The fourth-order valence-corrected chi connectivity index (χ4v) is 2.84. The van der Waals surface area contributed by atoms with Crippen molar-refractivity contribution < 1.29 is 17.5 Å². The molecule has 1 aromatic carbocycles. The van der Waals surface area contributed by atoms with Crippen LogP contribution in [0, 0.1) is 12.7 Å². The average molecular weight is 273 g/mol. The highest BCUT2D eigenvalue weighted by molar-refractivity contribution is 8.13. The van der Waals surface area contributed by atoms with Crippen LogP contribution in [-0.2, 0) is 9.05 Å². The van der Waals surface area contributed by atoms with Crippen molar-refractivity contribution in [1.29, 1.82) is 0 Å². The Hall–Kier alpha value is -0.520. The molecule has 15 heavy (non-hydrogen) atoms. The van der Waals surface area contributed by atoms with Crippen molar-refractivity contribution in [2.24, 2.45) is 0 Å². The molecule has 0 spiro atoms. The summed E-state index contributed by atoms with van der Waals surface area (Å²) in [4.78, 5) is -0.434. The molecule has 0 aliphatic carbocycles. The van der Waals surface area contributed by atoms with E-state index >= 15 is 0 Å². The molecule has 0 saturated carbocycles. The second kappa shape index (κ2) is 4.15. The molecular weight excluding hydrogens is 266 g/mol. The molecule has 0 saturated heterocycles. The lowest BCUT2D eigenvalue weighted by Crippen LogP contribution is -2.02. The summed E-state index contributed by atoms with van der Waals surface area (Å²) in [5, 5.41) is -0.0208. The molecule has 0 aliphatic rings. The maximum Gasteiger partial charge on any atom is 0.265 e. The van der Waals surface area contributed by atoms with Crippen molar-refractivity contribution in [3.8, 4) is 5.75 Å². The number of methoxy groups -OCH3 is 1. The van der Waals surface area contributed by atoms with Gasteiger partial charge in [-0.15, -0.1) is 0 Å². The summed E-state index contributed by atoms with van der Waals surface area (Å²) in [5.74, 6) is -1.29. The standard InChI is InChI=1S/C8H7Cl2FO3S/c1-4-5(9)3-6(11)7(14-2)8(4)15(10,12)13/h3H,1-2H3. The summed E-state index contributed by atoms with van der Waals surface area (Å²) in [6.45, 7) is 1.42. The van der Waals surface area contributed by atoms with E-state index < -0.39 is 25.5 Å². The van der Waals surface area contributed by atoms with Gasteiger partial charge < -0.3 is 4.74 Å². The molecule has 0 heterocycles. The molecule has 0 aromatic heterocycles. The molecule has 0 unspecified atom stereocenters. The molecule has 0 N–H and O–H groups in total. The van der Waals surface area contributed by atoms with E-state index in [1.165, 1.54) is 6.92 Å². The predicted molar refractivity (Wildman–Crippen MR) is 55.7 cm³/mol. The summed E-state index contributed by atoms with van der Waals surface area (Å²) in [6.07, 6.45) is 0. The largest absolute Gasteiger partial charge is 0.492 e. The first-order valence-electron chi connectivity index (χ1n) is 3.76. The van der Waals surface area contributed by atoms with Crippen LogP contribution in [0.25, 0.3) is 0 Å². The molecule has 0 aliphatic heterocycles. The van der Waals surface area contributed by atoms with Gasteiger partial charge in [-0.05, 0) is 18.6 Å². The van der Waals surface area contributed by atoms with Crippen LogP contribution >= 0.6 is 22.3 Å². The van der Waals surface area contributed by atoms with Gasteiger partial charge in [0.25, 0.3) is 9.05 Å². The summed E-state index contributed by atoms with van der Waals surface area (Å²) in [7, 11) is 2.21. The Morgan fingerprint density at radius 3 is 2.40 bits per heavy atom. The van der Waals surface area contributed by atoms with Crippen LogP contribution in [0.15, 0.2) is 11.0 Å². The third-order valence-electron chi connectivity index (χ3n) is 1.82. The van der Waals surface area contributed by atoms with Gasteiger partial charge in [0.05, 0.1) is 7.11 Å². The smallest absolute Gasteiger partial charge is 0.265 e. The van der Waals surface area contributed by atoms with Gasteiger partial charge in [0.1, 0.15) is 4.90 Å². The van der Waals surface area contributed by atoms with Crippen molar-refractivity contribution in [3.63, 3.8) is 0 Å². The molecule has 0 atom stereocenters. The summed E-state index contributed by atoms with van der Waals surface area (Å²) in [6, 6.07) is 0.974. The molecule has 84 valence electrons. The van der Waals surface area contributed by atoms with Crippen LogP contribution in [0.5, 0.6) is 5.75 Å². The van der Waals surface area contributed by atoms with E-state index in [0.717, 1.165) is 13.2 Å². The van der Waals surface area contributed by atoms with Crippen LogP contribution in [0.2, 0.25) is 5.02 Å². The van der Waals surface area contributed by atoms with Crippen molar-refractivity contribution >= 4 is 31.3 Å². The summed E-state index contributed by atoms with van der Waals surface area (Å²) >= 11 is 5.64. The third-order valence-corrected chi connectivity index (χ3v) is 3.66. The minimum absolute atomic E-state index is 0.0208. The maximum absolute atomic E-state index is 13.3. The van der Waals surface area contributed by atoms with Gasteiger partial charge in [-0.2, -0.15) is 0 Å². The van der Waals surface area contributed by atoms with Crippen molar-refractivity contribution in [3.05, 3.63) is 22.5 Å². The van der Waals surface area contributed by atoms with Gasteiger partial charge in [-0.1, -0.05) is 11.6 Å². The number of hydrogen-bond acceptors (Lipinski definition) is 3. The lowest BCUT2D eigenvalue weighted by molar-refractivity contribution is 0.374. The predicted octanol–water partition coefficient (Wildman–Crippen LogP) is 2.72. The SMILES string of the molecule is COc1c(F)cc(Cl)c(C)c1S(=O)(=O)Cl. The number of benzene rings is 1. The Bertz CT molecular complexity index is 499. The highest BCUT2D eigenvalue weighted by atomic mass is 35.7. The van der Waals surface area contributed by atoms with E-state index in [4.69, 9.17) is 22.3 Å². The van der Waals surface area contributed by atoms with Gasteiger partial charge in [0.15, 0.2) is 11.6 Å². The van der Waals surface area contributed by atoms with Gasteiger partial charge in [-0.3, -0.25) is 0 Å². The first-order chi connectivity index (χ1) is 6.79. The zero-order valence-corrected chi connectivity index (χ0v) is 10.2. The molecule has 0 bridgehead atoms. The Morgan fingerprint density at radius 1 is 1.47 bits per heavy atom. The molecule has 0 radical (unpaired) electrons. The monoisotopic (exact) mass is 272 g/mol. The van der Waals surface area contributed by atoms with E-state index in [9.17, 15) is 12.8 Å². The molecule has 1 aromatic rings. The Kier molecular flexibility index (Phi) is 3.48. The fraction of sp³-hybridized carbons (Fsp3) is 0.250. The molecule has 0 amide bonds. The minimum Gasteiger partial charge on any atom is -0.492 e.